The van der Waals surface area contributed by atoms with Gasteiger partial charge in [0.1, 0.15) is 0 Å². The van der Waals surface area contributed by atoms with Crippen LogP contribution in [0.3, 0.4) is 0 Å². The average molecular weight is 414 g/mol. The summed E-state index contributed by atoms with van der Waals surface area (Å²) in [5, 5.41) is 8.68. The molecule has 0 radical (unpaired) electrons. The van der Waals surface area contributed by atoms with E-state index in [1.165, 1.54) is 0 Å². The molecule has 7 heteroatoms. The van der Waals surface area contributed by atoms with Crippen molar-refractivity contribution in [1.82, 2.24) is 25.0 Å². The molecule has 30 heavy (non-hydrogen) atoms. The zero-order chi connectivity index (χ0) is 21.3. The highest BCUT2D eigenvalue weighted by Gasteiger charge is 2.30. The molecule has 1 aliphatic carbocycles. The number of aryl methyl sites for hydroxylation is 2. The Bertz CT molecular complexity index is 895. The van der Waals surface area contributed by atoms with Crippen molar-refractivity contribution in [3.05, 3.63) is 23.0 Å². The van der Waals surface area contributed by atoms with Crippen molar-refractivity contribution >= 4 is 16.9 Å². The minimum Gasteiger partial charge on any atom is -0.379 e. The van der Waals surface area contributed by atoms with Crippen LogP contribution in [0.1, 0.15) is 67.2 Å². The molecule has 1 unspecified atom stereocenters. The third-order valence-corrected chi connectivity index (χ3v) is 6.81. The molecule has 3 heterocycles. The topological polar surface area (TPSA) is 72.3 Å². The van der Waals surface area contributed by atoms with E-state index in [1.54, 1.807) is 4.68 Å². The van der Waals surface area contributed by atoms with Gasteiger partial charge in [0, 0.05) is 44.3 Å². The SMILES string of the molecule is CCC(CC)C(CNC(=O)c1cc(C2CC2)nc2c1c(C)nn2C)N1CCOCC1. The Morgan fingerprint density at radius 2 is 1.97 bits per heavy atom. The van der Waals surface area contributed by atoms with E-state index in [2.05, 4.69) is 29.2 Å². The Hall–Kier alpha value is -1.99. The fraction of sp³-hybridized carbons (Fsp3) is 0.696. The van der Waals surface area contributed by atoms with Gasteiger partial charge in [-0.05, 0) is 31.7 Å². The van der Waals surface area contributed by atoms with Gasteiger partial charge in [-0.3, -0.25) is 14.4 Å². The van der Waals surface area contributed by atoms with E-state index < -0.39 is 0 Å². The smallest absolute Gasteiger partial charge is 0.252 e. The lowest BCUT2D eigenvalue weighted by Crippen LogP contribution is -2.52. The minimum atomic E-state index is -0.00962. The molecule has 2 aromatic heterocycles. The van der Waals surface area contributed by atoms with Gasteiger partial charge in [-0.15, -0.1) is 0 Å². The van der Waals surface area contributed by atoms with Crippen LogP contribution in [-0.4, -0.2) is 64.5 Å². The number of aromatic nitrogens is 3. The van der Waals surface area contributed by atoms with Crippen LogP contribution in [0.15, 0.2) is 6.07 Å². The highest BCUT2D eigenvalue weighted by Crippen LogP contribution is 2.40. The highest BCUT2D eigenvalue weighted by molar-refractivity contribution is 6.06. The second-order valence-corrected chi connectivity index (χ2v) is 8.78. The summed E-state index contributed by atoms with van der Waals surface area (Å²) in [4.78, 5) is 20.7. The Labute approximate surface area is 179 Å². The molecule has 0 spiro atoms. The van der Waals surface area contributed by atoms with Gasteiger partial charge in [0.2, 0.25) is 0 Å². The summed E-state index contributed by atoms with van der Waals surface area (Å²) < 4.78 is 7.35. The molecule has 164 valence electrons. The van der Waals surface area contributed by atoms with E-state index in [-0.39, 0.29) is 5.91 Å². The summed E-state index contributed by atoms with van der Waals surface area (Å²) in [5.41, 5.74) is 3.42. The molecule has 1 saturated carbocycles. The van der Waals surface area contributed by atoms with Crippen molar-refractivity contribution in [2.75, 3.05) is 32.8 Å². The molecule has 1 aliphatic heterocycles. The lowest BCUT2D eigenvalue weighted by molar-refractivity contribution is 0.00191. The van der Waals surface area contributed by atoms with Crippen LogP contribution in [-0.2, 0) is 11.8 Å². The zero-order valence-corrected chi connectivity index (χ0v) is 18.8. The molecular formula is C23H35N5O2. The number of nitrogens with one attached hydrogen (secondary N) is 1. The van der Waals surface area contributed by atoms with Crippen molar-refractivity contribution in [3.63, 3.8) is 0 Å². The van der Waals surface area contributed by atoms with E-state index >= 15 is 0 Å². The first-order chi connectivity index (χ1) is 14.5. The minimum absolute atomic E-state index is 0.00962. The molecular weight excluding hydrogens is 378 g/mol. The summed E-state index contributed by atoms with van der Waals surface area (Å²) in [7, 11) is 1.91. The van der Waals surface area contributed by atoms with Crippen molar-refractivity contribution < 1.29 is 9.53 Å². The number of rotatable bonds is 8. The predicted molar refractivity (Wildman–Crippen MR) is 118 cm³/mol. The number of fused-ring (bicyclic) bond motifs is 1. The van der Waals surface area contributed by atoms with Crippen molar-refractivity contribution in [2.45, 2.75) is 58.4 Å². The zero-order valence-electron chi connectivity index (χ0n) is 18.8. The second-order valence-electron chi connectivity index (χ2n) is 8.78. The lowest BCUT2D eigenvalue weighted by Gasteiger charge is -2.38. The number of carbonyl (C=O) groups is 1. The van der Waals surface area contributed by atoms with Gasteiger partial charge in [0.05, 0.1) is 29.9 Å². The molecule has 0 bridgehead atoms. The first kappa shape index (κ1) is 21.2. The quantitative estimate of drug-likeness (QED) is 0.720. The number of morpholine rings is 1. The van der Waals surface area contributed by atoms with E-state index in [9.17, 15) is 4.79 Å². The Kier molecular flexibility index (Phi) is 6.39. The van der Waals surface area contributed by atoms with Crippen molar-refractivity contribution in [2.24, 2.45) is 13.0 Å². The van der Waals surface area contributed by atoms with Crippen LogP contribution >= 0.6 is 0 Å². The highest BCUT2D eigenvalue weighted by atomic mass is 16.5. The van der Waals surface area contributed by atoms with Crippen LogP contribution in [0.5, 0.6) is 0 Å². The molecule has 1 atom stereocenters. The number of amides is 1. The lowest BCUT2D eigenvalue weighted by atomic mass is 9.92. The molecule has 2 fully saturated rings. The van der Waals surface area contributed by atoms with E-state index in [0.717, 1.165) is 80.0 Å². The number of nitrogens with zero attached hydrogens (tertiary/aromatic N) is 4. The number of ether oxygens (including phenoxy) is 1. The summed E-state index contributed by atoms with van der Waals surface area (Å²) in [5.74, 6) is 1.04. The molecule has 1 N–H and O–H groups in total. The van der Waals surface area contributed by atoms with Gasteiger partial charge < -0.3 is 10.1 Å². The van der Waals surface area contributed by atoms with Crippen molar-refractivity contribution in [1.29, 1.82) is 0 Å². The summed E-state index contributed by atoms with van der Waals surface area (Å²) in [6.45, 7) is 10.5. The molecule has 2 aliphatic rings. The van der Waals surface area contributed by atoms with Crippen molar-refractivity contribution in [3.8, 4) is 0 Å². The third kappa shape index (κ3) is 4.23. The van der Waals surface area contributed by atoms with Crippen LogP contribution in [0.2, 0.25) is 0 Å². The molecule has 1 amide bonds. The normalized spacial score (nSPS) is 18.8. The Morgan fingerprint density at radius 3 is 2.60 bits per heavy atom. The van der Waals surface area contributed by atoms with Gasteiger partial charge in [0.25, 0.3) is 5.91 Å². The van der Waals surface area contributed by atoms with Gasteiger partial charge in [-0.25, -0.2) is 4.98 Å². The number of carbonyl (C=O) groups excluding carboxylic acids is 1. The fourth-order valence-electron chi connectivity index (χ4n) is 4.86. The number of hydrogen-bond donors (Lipinski definition) is 1. The molecule has 2 aromatic rings. The molecule has 7 nitrogen and oxygen atoms in total. The van der Waals surface area contributed by atoms with Crippen LogP contribution < -0.4 is 5.32 Å². The van der Waals surface area contributed by atoms with E-state index in [4.69, 9.17) is 9.72 Å². The van der Waals surface area contributed by atoms with Crippen LogP contribution in [0, 0.1) is 12.8 Å². The van der Waals surface area contributed by atoms with Gasteiger partial charge in [-0.2, -0.15) is 5.10 Å². The Morgan fingerprint density at radius 1 is 1.27 bits per heavy atom. The van der Waals surface area contributed by atoms with E-state index in [1.807, 2.05) is 20.0 Å². The maximum Gasteiger partial charge on any atom is 0.252 e. The first-order valence-electron chi connectivity index (χ1n) is 11.5. The largest absolute Gasteiger partial charge is 0.379 e. The first-order valence-corrected chi connectivity index (χ1v) is 11.5. The fourth-order valence-corrected chi connectivity index (χ4v) is 4.86. The molecule has 1 saturated heterocycles. The Balaban J connectivity index is 1.58. The van der Waals surface area contributed by atoms with Gasteiger partial charge >= 0.3 is 0 Å². The monoisotopic (exact) mass is 413 g/mol. The standard InChI is InChI=1S/C23H35N5O2/c1-5-16(6-2)20(28-9-11-30-12-10-28)14-24-23(29)18-13-19(17-7-8-17)25-22-21(18)15(3)26-27(22)4/h13,16-17,20H,5-12,14H2,1-4H3,(H,24,29). The maximum absolute atomic E-state index is 13.4. The summed E-state index contributed by atoms with van der Waals surface area (Å²) >= 11 is 0. The number of pyridine rings is 1. The predicted octanol–water partition coefficient (Wildman–Crippen LogP) is 3.02. The molecule has 4 rings (SSSR count). The maximum atomic E-state index is 13.4. The average Bonchev–Trinajstić information content (AvgIpc) is 3.57. The van der Waals surface area contributed by atoms with Gasteiger partial charge in [0.15, 0.2) is 5.65 Å². The summed E-state index contributed by atoms with van der Waals surface area (Å²) in [6.07, 6.45) is 4.54. The van der Waals surface area contributed by atoms with Gasteiger partial charge in [-0.1, -0.05) is 26.7 Å². The summed E-state index contributed by atoms with van der Waals surface area (Å²) in [6, 6.07) is 2.34. The number of hydrogen-bond acceptors (Lipinski definition) is 5. The van der Waals surface area contributed by atoms with Crippen LogP contribution in [0.4, 0.5) is 0 Å². The molecule has 0 aromatic carbocycles. The van der Waals surface area contributed by atoms with Crippen LogP contribution in [0.25, 0.3) is 11.0 Å². The third-order valence-electron chi connectivity index (χ3n) is 6.81. The van der Waals surface area contributed by atoms with E-state index in [0.29, 0.717) is 24.4 Å². The second kappa shape index (κ2) is 9.02.